The Morgan fingerprint density at radius 3 is 2.80 bits per heavy atom. The molecule has 0 aliphatic rings. The minimum absolute atomic E-state index is 0.00786. The van der Waals surface area contributed by atoms with Crippen molar-refractivity contribution in [3.8, 4) is 10.6 Å². The Morgan fingerprint density at radius 1 is 1.40 bits per heavy atom. The van der Waals surface area contributed by atoms with E-state index in [1.807, 2.05) is 13.0 Å². The predicted octanol–water partition coefficient (Wildman–Crippen LogP) is 1.61. The van der Waals surface area contributed by atoms with Crippen LogP contribution in [0.2, 0.25) is 0 Å². The third-order valence-electron chi connectivity index (χ3n) is 1.73. The number of hydrogen-bond acceptors (Lipinski definition) is 5. The van der Waals surface area contributed by atoms with Crippen LogP contribution in [-0.2, 0) is 0 Å². The van der Waals surface area contributed by atoms with E-state index >= 15 is 0 Å². The molecule has 0 amide bonds. The van der Waals surface area contributed by atoms with Gasteiger partial charge in [-0.05, 0) is 18.6 Å². The second-order valence-electron chi connectivity index (χ2n) is 2.97. The first-order valence-electron chi connectivity index (χ1n) is 4.15. The molecule has 15 heavy (non-hydrogen) atoms. The van der Waals surface area contributed by atoms with Crippen molar-refractivity contribution in [2.24, 2.45) is 0 Å². The zero-order valence-electron chi connectivity index (χ0n) is 7.84. The number of aryl methyl sites for hydroxylation is 1. The van der Waals surface area contributed by atoms with Crippen molar-refractivity contribution in [3.63, 3.8) is 0 Å². The van der Waals surface area contributed by atoms with Crippen molar-refractivity contribution in [2.75, 3.05) is 0 Å². The molecule has 1 N–H and O–H groups in total. The number of hydrogen-bond donors (Lipinski definition) is 1. The van der Waals surface area contributed by atoms with Crippen molar-refractivity contribution < 1.29 is 9.90 Å². The first kappa shape index (κ1) is 9.72. The van der Waals surface area contributed by atoms with Gasteiger partial charge in [-0.1, -0.05) is 11.3 Å². The summed E-state index contributed by atoms with van der Waals surface area (Å²) in [6, 6.07) is 1.89. The number of carbonyl (C=O) groups is 1. The number of rotatable bonds is 2. The summed E-state index contributed by atoms with van der Waals surface area (Å²) in [5, 5.41) is 16.6. The molecule has 0 aromatic carbocycles. The molecule has 2 rings (SSSR count). The molecular formula is C9H7N3O2S. The molecule has 6 heteroatoms. The molecule has 2 aromatic heterocycles. The molecule has 5 nitrogen and oxygen atoms in total. The standard InChI is InChI=1S/C9H7N3O2S/c1-5-2-6(4-10-3-5)7-11-12-8(15-7)9(13)14/h2-4H,1H3,(H,13,14). The van der Waals surface area contributed by atoms with Crippen LogP contribution in [0.1, 0.15) is 15.4 Å². The number of aromatic carboxylic acids is 1. The van der Waals surface area contributed by atoms with E-state index in [1.54, 1.807) is 12.4 Å². The third kappa shape index (κ3) is 1.99. The minimum atomic E-state index is -1.06. The quantitative estimate of drug-likeness (QED) is 0.833. The molecule has 0 radical (unpaired) electrons. The summed E-state index contributed by atoms with van der Waals surface area (Å²) in [5.41, 5.74) is 1.79. The van der Waals surface area contributed by atoms with Gasteiger partial charge in [0.05, 0.1) is 0 Å². The normalized spacial score (nSPS) is 10.2. The Kier molecular flexibility index (Phi) is 2.42. The molecule has 0 aliphatic carbocycles. The fraction of sp³-hybridized carbons (Fsp3) is 0.111. The molecule has 76 valence electrons. The van der Waals surface area contributed by atoms with Crippen LogP contribution in [0.3, 0.4) is 0 Å². The summed E-state index contributed by atoms with van der Waals surface area (Å²) in [5.74, 6) is -1.06. The Balaban J connectivity index is 2.41. The zero-order valence-corrected chi connectivity index (χ0v) is 8.65. The van der Waals surface area contributed by atoms with E-state index in [1.165, 1.54) is 0 Å². The van der Waals surface area contributed by atoms with E-state index in [0.29, 0.717) is 5.01 Å². The number of aromatic nitrogens is 3. The molecule has 0 spiro atoms. The van der Waals surface area contributed by atoms with Gasteiger partial charge in [0.2, 0.25) is 5.01 Å². The highest BCUT2D eigenvalue weighted by molar-refractivity contribution is 7.16. The smallest absolute Gasteiger partial charge is 0.367 e. The van der Waals surface area contributed by atoms with Crippen molar-refractivity contribution in [3.05, 3.63) is 29.0 Å². The van der Waals surface area contributed by atoms with E-state index in [-0.39, 0.29) is 5.01 Å². The van der Waals surface area contributed by atoms with Gasteiger partial charge in [-0.25, -0.2) is 4.79 Å². The number of nitrogens with zero attached hydrogens (tertiary/aromatic N) is 3. The summed E-state index contributed by atoms with van der Waals surface area (Å²) in [6.07, 6.45) is 3.36. The van der Waals surface area contributed by atoms with E-state index in [4.69, 9.17) is 5.11 Å². The Labute approximate surface area is 89.4 Å². The van der Waals surface area contributed by atoms with Crippen LogP contribution in [0.5, 0.6) is 0 Å². The molecule has 0 saturated carbocycles. The fourth-order valence-electron chi connectivity index (χ4n) is 1.10. The Bertz CT molecular complexity index is 510. The maximum absolute atomic E-state index is 10.6. The molecular weight excluding hydrogens is 214 g/mol. The largest absolute Gasteiger partial charge is 0.476 e. The van der Waals surface area contributed by atoms with E-state index < -0.39 is 5.97 Å². The highest BCUT2D eigenvalue weighted by Gasteiger charge is 2.12. The van der Waals surface area contributed by atoms with Gasteiger partial charge in [-0.2, -0.15) is 0 Å². The van der Waals surface area contributed by atoms with Crippen molar-refractivity contribution in [1.29, 1.82) is 0 Å². The van der Waals surface area contributed by atoms with Crippen LogP contribution in [0.15, 0.2) is 18.5 Å². The first-order valence-corrected chi connectivity index (χ1v) is 4.97. The van der Waals surface area contributed by atoms with Gasteiger partial charge >= 0.3 is 5.97 Å². The fourth-order valence-corrected chi connectivity index (χ4v) is 1.76. The maximum atomic E-state index is 10.6. The predicted molar refractivity (Wildman–Crippen MR) is 54.8 cm³/mol. The summed E-state index contributed by atoms with van der Waals surface area (Å²) >= 11 is 1.04. The van der Waals surface area contributed by atoms with E-state index in [0.717, 1.165) is 22.5 Å². The van der Waals surface area contributed by atoms with Crippen LogP contribution >= 0.6 is 11.3 Å². The lowest BCUT2D eigenvalue weighted by molar-refractivity contribution is 0.0695. The maximum Gasteiger partial charge on any atom is 0.367 e. The third-order valence-corrected chi connectivity index (χ3v) is 2.69. The summed E-state index contributed by atoms with van der Waals surface area (Å²) < 4.78 is 0. The average molecular weight is 221 g/mol. The highest BCUT2D eigenvalue weighted by Crippen LogP contribution is 2.23. The van der Waals surface area contributed by atoms with Crippen LogP contribution in [0, 0.1) is 6.92 Å². The van der Waals surface area contributed by atoms with Crippen molar-refractivity contribution >= 4 is 17.3 Å². The lowest BCUT2D eigenvalue weighted by atomic mass is 10.2. The van der Waals surface area contributed by atoms with Crippen LogP contribution in [-0.4, -0.2) is 26.3 Å². The molecule has 0 fully saturated rings. The topological polar surface area (TPSA) is 76.0 Å². The van der Waals surface area contributed by atoms with Gasteiger partial charge in [0.25, 0.3) is 0 Å². The van der Waals surface area contributed by atoms with E-state index in [2.05, 4.69) is 15.2 Å². The van der Waals surface area contributed by atoms with Gasteiger partial charge < -0.3 is 5.11 Å². The lowest BCUT2D eigenvalue weighted by Crippen LogP contribution is -1.93. The number of carboxylic acid groups (broad SMARTS) is 1. The monoisotopic (exact) mass is 221 g/mol. The van der Waals surface area contributed by atoms with Crippen molar-refractivity contribution in [2.45, 2.75) is 6.92 Å². The van der Waals surface area contributed by atoms with Crippen LogP contribution in [0.25, 0.3) is 10.6 Å². The van der Waals surface area contributed by atoms with Gasteiger partial charge in [-0.15, -0.1) is 10.2 Å². The van der Waals surface area contributed by atoms with Gasteiger partial charge in [-0.3, -0.25) is 4.98 Å². The second kappa shape index (κ2) is 3.74. The molecule has 2 heterocycles. The summed E-state index contributed by atoms with van der Waals surface area (Å²) in [6.45, 7) is 1.91. The molecule has 0 unspecified atom stereocenters. The second-order valence-corrected chi connectivity index (χ2v) is 3.95. The SMILES string of the molecule is Cc1cncc(-c2nnc(C(=O)O)s2)c1. The summed E-state index contributed by atoms with van der Waals surface area (Å²) in [4.78, 5) is 14.6. The molecule has 2 aromatic rings. The van der Waals surface area contributed by atoms with Crippen LogP contribution < -0.4 is 0 Å². The molecule has 0 aliphatic heterocycles. The highest BCUT2D eigenvalue weighted by atomic mass is 32.1. The van der Waals surface area contributed by atoms with Gasteiger partial charge in [0.15, 0.2) is 0 Å². The average Bonchev–Trinajstić information content (AvgIpc) is 2.66. The van der Waals surface area contributed by atoms with Crippen LogP contribution in [0.4, 0.5) is 0 Å². The molecule has 0 atom stereocenters. The summed E-state index contributed by atoms with van der Waals surface area (Å²) in [7, 11) is 0. The zero-order chi connectivity index (χ0) is 10.8. The Morgan fingerprint density at radius 2 is 2.20 bits per heavy atom. The Hall–Kier alpha value is -1.82. The van der Waals surface area contributed by atoms with E-state index in [9.17, 15) is 4.79 Å². The van der Waals surface area contributed by atoms with Crippen molar-refractivity contribution in [1.82, 2.24) is 15.2 Å². The number of pyridine rings is 1. The minimum Gasteiger partial charge on any atom is -0.476 e. The molecule has 0 saturated heterocycles. The van der Waals surface area contributed by atoms with Gasteiger partial charge in [0.1, 0.15) is 5.01 Å². The number of carboxylic acids is 1. The first-order chi connectivity index (χ1) is 7.16. The molecule has 0 bridgehead atoms. The lowest BCUT2D eigenvalue weighted by Gasteiger charge is -1.94. The van der Waals surface area contributed by atoms with Gasteiger partial charge in [0, 0.05) is 18.0 Å².